The standard InChI is InChI=1S/C19H22F3N5O2S.HI/c1-2-23-18(25-10-16-26-15(12-30-16)19(20,21)22)24-8-5-9-27-13-6-3-4-7-14(13)29-11-17(27)28;/h3-4,6-7,12H,2,5,8-11H2,1H3,(H2,23,24,25);1H. The van der Waals surface area contributed by atoms with E-state index >= 15 is 0 Å². The van der Waals surface area contributed by atoms with E-state index in [9.17, 15) is 18.0 Å². The van der Waals surface area contributed by atoms with Crippen molar-refractivity contribution in [1.29, 1.82) is 0 Å². The number of alkyl halides is 3. The van der Waals surface area contributed by atoms with Crippen LogP contribution in [0.3, 0.4) is 0 Å². The molecule has 0 fully saturated rings. The van der Waals surface area contributed by atoms with Crippen LogP contribution in [0.1, 0.15) is 24.0 Å². The van der Waals surface area contributed by atoms with Crippen LogP contribution >= 0.6 is 35.3 Å². The molecule has 0 aliphatic carbocycles. The Labute approximate surface area is 199 Å². The predicted molar refractivity (Wildman–Crippen MR) is 124 cm³/mol. The van der Waals surface area contributed by atoms with Gasteiger partial charge in [0.15, 0.2) is 18.3 Å². The van der Waals surface area contributed by atoms with Gasteiger partial charge in [0.2, 0.25) is 0 Å². The molecule has 0 saturated carbocycles. The second kappa shape index (κ2) is 11.5. The zero-order valence-corrected chi connectivity index (χ0v) is 19.9. The fourth-order valence-electron chi connectivity index (χ4n) is 2.85. The summed E-state index contributed by atoms with van der Waals surface area (Å²) in [6, 6.07) is 7.37. The first-order chi connectivity index (χ1) is 14.4. The highest BCUT2D eigenvalue weighted by Gasteiger charge is 2.33. The third-order valence-electron chi connectivity index (χ3n) is 4.22. The first-order valence-electron chi connectivity index (χ1n) is 9.44. The van der Waals surface area contributed by atoms with Gasteiger partial charge in [-0.2, -0.15) is 13.2 Å². The van der Waals surface area contributed by atoms with E-state index in [4.69, 9.17) is 4.74 Å². The maximum absolute atomic E-state index is 12.6. The predicted octanol–water partition coefficient (Wildman–Crippen LogP) is 3.65. The zero-order chi connectivity index (χ0) is 21.6. The third kappa shape index (κ3) is 6.95. The molecule has 0 saturated heterocycles. The number of aromatic nitrogens is 1. The van der Waals surface area contributed by atoms with Gasteiger partial charge in [-0.3, -0.25) is 4.79 Å². The van der Waals surface area contributed by atoms with E-state index in [0.29, 0.717) is 37.8 Å². The summed E-state index contributed by atoms with van der Waals surface area (Å²) in [6.07, 6.45) is -3.79. The summed E-state index contributed by atoms with van der Waals surface area (Å²) >= 11 is 0.928. The highest BCUT2D eigenvalue weighted by molar-refractivity contribution is 14.0. The highest BCUT2D eigenvalue weighted by Crippen LogP contribution is 2.31. The number of carbonyl (C=O) groups is 1. The van der Waals surface area contributed by atoms with Crippen molar-refractivity contribution < 1.29 is 22.7 Å². The molecule has 1 aromatic heterocycles. The Bertz CT molecular complexity index is 907. The molecule has 2 aromatic rings. The molecule has 170 valence electrons. The number of benzene rings is 1. The largest absolute Gasteiger partial charge is 0.482 e. The zero-order valence-electron chi connectivity index (χ0n) is 16.7. The second-order valence-corrected chi connectivity index (χ2v) is 7.34. The van der Waals surface area contributed by atoms with E-state index < -0.39 is 11.9 Å². The minimum Gasteiger partial charge on any atom is -0.482 e. The minimum absolute atomic E-state index is 0. The molecular formula is C19H23F3IN5O2S. The number of anilines is 1. The van der Waals surface area contributed by atoms with Gasteiger partial charge in [0.05, 0.1) is 12.2 Å². The van der Waals surface area contributed by atoms with Gasteiger partial charge in [-0.15, -0.1) is 35.3 Å². The van der Waals surface area contributed by atoms with E-state index in [-0.39, 0.29) is 48.0 Å². The molecule has 0 unspecified atom stereocenters. The quantitative estimate of drug-likeness (QED) is 0.231. The smallest absolute Gasteiger partial charge is 0.434 e. The van der Waals surface area contributed by atoms with Crippen LogP contribution in [-0.2, 0) is 17.5 Å². The monoisotopic (exact) mass is 569 g/mol. The summed E-state index contributed by atoms with van der Waals surface area (Å²) < 4.78 is 43.4. The molecule has 1 amide bonds. The molecule has 1 aliphatic rings. The van der Waals surface area contributed by atoms with Crippen LogP contribution in [0, 0.1) is 0 Å². The normalized spacial score (nSPS) is 13.9. The van der Waals surface area contributed by atoms with Crippen molar-refractivity contribution in [1.82, 2.24) is 15.6 Å². The number of hydrogen-bond acceptors (Lipinski definition) is 5. The number of nitrogens with zero attached hydrogens (tertiary/aromatic N) is 3. The first-order valence-corrected chi connectivity index (χ1v) is 10.3. The molecule has 31 heavy (non-hydrogen) atoms. The Balaban J connectivity index is 0.00000341. The average molecular weight is 569 g/mol. The number of carbonyl (C=O) groups excluding carboxylic acids is 1. The number of para-hydroxylation sites is 2. The third-order valence-corrected chi connectivity index (χ3v) is 5.05. The number of halogens is 4. The Morgan fingerprint density at radius 1 is 1.32 bits per heavy atom. The lowest BCUT2D eigenvalue weighted by molar-refractivity contribution is -0.140. The van der Waals surface area contributed by atoms with Gasteiger partial charge in [-0.05, 0) is 25.5 Å². The Morgan fingerprint density at radius 2 is 2.10 bits per heavy atom. The van der Waals surface area contributed by atoms with Crippen molar-refractivity contribution >= 4 is 52.9 Å². The van der Waals surface area contributed by atoms with Crippen molar-refractivity contribution in [3.63, 3.8) is 0 Å². The highest BCUT2D eigenvalue weighted by atomic mass is 127. The number of guanidine groups is 1. The maximum atomic E-state index is 12.6. The number of rotatable bonds is 7. The van der Waals surface area contributed by atoms with Gasteiger partial charge >= 0.3 is 6.18 Å². The summed E-state index contributed by atoms with van der Waals surface area (Å²) in [5, 5.41) is 7.45. The van der Waals surface area contributed by atoms with Gasteiger partial charge in [0.25, 0.3) is 5.91 Å². The molecule has 0 radical (unpaired) electrons. The molecule has 1 aliphatic heterocycles. The van der Waals surface area contributed by atoms with Crippen molar-refractivity contribution in [2.45, 2.75) is 26.1 Å². The number of nitrogens with one attached hydrogen (secondary N) is 2. The molecule has 2 heterocycles. The van der Waals surface area contributed by atoms with Gasteiger partial charge < -0.3 is 20.3 Å². The number of aliphatic imine (C=N–C) groups is 1. The lowest BCUT2D eigenvalue weighted by atomic mass is 10.2. The van der Waals surface area contributed by atoms with Crippen LogP contribution in [0.2, 0.25) is 0 Å². The van der Waals surface area contributed by atoms with Crippen LogP contribution in [0.25, 0.3) is 0 Å². The molecule has 12 heteroatoms. The molecular weight excluding hydrogens is 546 g/mol. The lowest BCUT2D eigenvalue weighted by Gasteiger charge is -2.29. The van der Waals surface area contributed by atoms with Crippen molar-refractivity contribution in [3.05, 3.63) is 40.3 Å². The number of amides is 1. The summed E-state index contributed by atoms with van der Waals surface area (Å²) in [4.78, 5) is 21.7. The van der Waals surface area contributed by atoms with E-state index in [0.717, 1.165) is 22.4 Å². The molecule has 0 bridgehead atoms. The van der Waals surface area contributed by atoms with E-state index in [1.807, 2.05) is 31.2 Å². The fourth-order valence-corrected chi connectivity index (χ4v) is 3.57. The van der Waals surface area contributed by atoms with Crippen LogP contribution in [0.15, 0.2) is 34.6 Å². The van der Waals surface area contributed by atoms with Crippen molar-refractivity contribution in [2.24, 2.45) is 4.99 Å². The molecule has 0 atom stereocenters. The molecule has 1 aromatic carbocycles. The Hall–Kier alpha value is -2.09. The van der Waals surface area contributed by atoms with Gasteiger partial charge in [0, 0.05) is 25.0 Å². The fraction of sp³-hybridized carbons (Fsp3) is 0.421. The van der Waals surface area contributed by atoms with Crippen LogP contribution < -0.4 is 20.3 Å². The SMILES string of the molecule is CCNC(=NCc1nc(C(F)(F)F)cs1)NCCCN1C(=O)COc2ccccc21.I. The van der Waals surface area contributed by atoms with Gasteiger partial charge in [-0.1, -0.05) is 12.1 Å². The second-order valence-electron chi connectivity index (χ2n) is 6.40. The summed E-state index contributed by atoms with van der Waals surface area (Å²) in [7, 11) is 0. The van der Waals surface area contributed by atoms with Crippen LogP contribution in [0.5, 0.6) is 5.75 Å². The topological polar surface area (TPSA) is 78.9 Å². The Morgan fingerprint density at radius 3 is 2.81 bits per heavy atom. The Kier molecular flexibility index (Phi) is 9.34. The first kappa shape index (κ1) is 25.2. The number of fused-ring (bicyclic) bond motifs is 1. The molecule has 0 spiro atoms. The van der Waals surface area contributed by atoms with E-state index in [2.05, 4.69) is 20.6 Å². The summed E-state index contributed by atoms with van der Waals surface area (Å²) in [5.74, 6) is 1.06. The summed E-state index contributed by atoms with van der Waals surface area (Å²) in [6.45, 7) is 3.60. The van der Waals surface area contributed by atoms with Crippen LogP contribution in [-0.4, -0.2) is 43.1 Å². The van der Waals surface area contributed by atoms with Crippen molar-refractivity contribution in [2.75, 3.05) is 31.1 Å². The minimum atomic E-state index is -4.45. The van der Waals surface area contributed by atoms with E-state index in [1.165, 1.54) is 0 Å². The number of ether oxygens (including phenoxy) is 1. The number of thiazole rings is 1. The molecule has 2 N–H and O–H groups in total. The summed E-state index contributed by atoms with van der Waals surface area (Å²) in [5.41, 5.74) is -0.148. The lowest BCUT2D eigenvalue weighted by Crippen LogP contribution is -2.42. The van der Waals surface area contributed by atoms with Crippen molar-refractivity contribution in [3.8, 4) is 5.75 Å². The average Bonchev–Trinajstić information content (AvgIpc) is 3.20. The number of hydrogen-bond donors (Lipinski definition) is 2. The van der Waals surface area contributed by atoms with Gasteiger partial charge in [0.1, 0.15) is 10.8 Å². The van der Waals surface area contributed by atoms with Crippen LogP contribution in [0.4, 0.5) is 18.9 Å². The maximum Gasteiger partial charge on any atom is 0.434 e. The molecule has 3 rings (SSSR count). The van der Waals surface area contributed by atoms with Gasteiger partial charge in [-0.25, -0.2) is 9.98 Å². The molecule has 7 nitrogen and oxygen atoms in total. The van der Waals surface area contributed by atoms with E-state index in [1.54, 1.807) is 4.90 Å².